The number of nitriles is 2. The van der Waals surface area contributed by atoms with Crippen LogP contribution in [0.4, 0.5) is 0 Å². The van der Waals surface area contributed by atoms with Crippen molar-refractivity contribution in [3.8, 4) is 17.9 Å². The summed E-state index contributed by atoms with van der Waals surface area (Å²) in [5, 5.41) is 18.7. The van der Waals surface area contributed by atoms with Gasteiger partial charge < -0.3 is 4.74 Å². The molecule has 2 aromatic carbocycles. The highest BCUT2D eigenvalue weighted by Crippen LogP contribution is 2.19. The number of hydrogen-bond donors (Lipinski definition) is 0. The fourth-order valence-corrected chi connectivity index (χ4v) is 2.59. The molecule has 0 saturated heterocycles. The van der Waals surface area contributed by atoms with Gasteiger partial charge in [0.15, 0.2) is 11.4 Å². The number of benzene rings is 2. The predicted octanol–water partition coefficient (Wildman–Crippen LogP) is 4.30. The molecule has 0 aromatic heterocycles. The lowest BCUT2D eigenvalue weighted by atomic mass is 10.0. The van der Waals surface area contributed by atoms with Crippen LogP contribution < -0.4 is 4.74 Å². The number of aliphatic imine (C=N–C) groups is 2. The van der Waals surface area contributed by atoms with Crippen LogP contribution in [0.15, 0.2) is 82.1 Å². The van der Waals surface area contributed by atoms with Crippen molar-refractivity contribution in [3.63, 3.8) is 0 Å². The molecule has 0 spiro atoms. The van der Waals surface area contributed by atoms with Gasteiger partial charge in [-0.05, 0) is 29.3 Å². The smallest absolute Gasteiger partial charge is 0.177 e. The maximum absolute atomic E-state index is 9.36. The normalized spacial score (nSPS) is 14.0. The van der Waals surface area contributed by atoms with E-state index in [0.717, 1.165) is 16.9 Å². The van der Waals surface area contributed by atoms with Crippen molar-refractivity contribution in [1.82, 2.24) is 0 Å². The highest BCUT2D eigenvalue weighted by atomic mass is 16.5. The highest BCUT2D eigenvalue weighted by molar-refractivity contribution is 6.17. The van der Waals surface area contributed by atoms with Gasteiger partial charge in [0.25, 0.3) is 0 Å². The van der Waals surface area contributed by atoms with Gasteiger partial charge in [0.2, 0.25) is 0 Å². The molecule has 3 rings (SSSR count). The second-order valence-electron chi connectivity index (χ2n) is 5.73. The van der Waals surface area contributed by atoms with E-state index >= 15 is 0 Å². The standard InChI is InChI=1S/C22H16N4O/c1-27-19-11-8-16(9-12-19)7-10-18-13-20(17-5-3-2-4-6-17)26-22(15-24)21(14-23)25-18/h2-12H,13H2,1H3. The number of rotatable bonds is 4. The van der Waals surface area contributed by atoms with Crippen LogP contribution in [0.3, 0.4) is 0 Å². The Labute approximate surface area is 157 Å². The first-order valence-electron chi connectivity index (χ1n) is 8.30. The van der Waals surface area contributed by atoms with Crippen LogP contribution in [0.25, 0.3) is 6.08 Å². The monoisotopic (exact) mass is 352 g/mol. The van der Waals surface area contributed by atoms with E-state index in [4.69, 9.17) is 4.74 Å². The molecule has 0 aliphatic carbocycles. The second kappa shape index (κ2) is 8.42. The molecule has 1 aliphatic heterocycles. The number of ether oxygens (including phenoxy) is 1. The molecule has 5 nitrogen and oxygen atoms in total. The Morgan fingerprint density at radius 1 is 0.889 bits per heavy atom. The molecule has 5 heteroatoms. The number of nitrogens with zero attached hydrogens (tertiary/aromatic N) is 4. The molecule has 0 radical (unpaired) electrons. The molecular formula is C22H16N4O. The molecule has 0 amide bonds. The molecule has 0 fully saturated rings. The van der Waals surface area contributed by atoms with Gasteiger partial charge in [-0.3, -0.25) is 0 Å². The number of methoxy groups -OCH3 is 1. The van der Waals surface area contributed by atoms with Crippen molar-refractivity contribution in [1.29, 1.82) is 10.5 Å². The zero-order chi connectivity index (χ0) is 19.1. The lowest BCUT2D eigenvalue weighted by molar-refractivity contribution is 0.415. The summed E-state index contributed by atoms with van der Waals surface area (Å²) >= 11 is 0. The van der Waals surface area contributed by atoms with Gasteiger partial charge >= 0.3 is 0 Å². The summed E-state index contributed by atoms with van der Waals surface area (Å²) in [4.78, 5) is 8.75. The van der Waals surface area contributed by atoms with Crippen LogP contribution >= 0.6 is 0 Å². The first kappa shape index (κ1) is 17.8. The zero-order valence-corrected chi connectivity index (χ0v) is 14.8. The molecule has 0 saturated carbocycles. The van der Waals surface area contributed by atoms with E-state index in [1.165, 1.54) is 0 Å². The van der Waals surface area contributed by atoms with Gasteiger partial charge in [-0.25, -0.2) is 9.98 Å². The Morgan fingerprint density at radius 2 is 1.56 bits per heavy atom. The molecule has 1 heterocycles. The fraction of sp³-hybridized carbons (Fsp3) is 0.0909. The van der Waals surface area contributed by atoms with Crippen molar-refractivity contribution in [2.75, 3.05) is 7.11 Å². The van der Waals surface area contributed by atoms with Crippen LogP contribution in [0.2, 0.25) is 0 Å². The molecule has 1 aliphatic rings. The van der Waals surface area contributed by atoms with E-state index < -0.39 is 0 Å². The molecule has 27 heavy (non-hydrogen) atoms. The van der Waals surface area contributed by atoms with Crippen LogP contribution in [0.1, 0.15) is 17.5 Å². The first-order chi connectivity index (χ1) is 13.2. The highest BCUT2D eigenvalue weighted by Gasteiger charge is 2.15. The van der Waals surface area contributed by atoms with Gasteiger partial charge in [0.05, 0.1) is 12.8 Å². The molecule has 0 bridgehead atoms. The Morgan fingerprint density at radius 3 is 2.19 bits per heavy atom. The van der Waals surface area contributed by atoms with Crippen molar-refractivity contribution in [2.45, 2.75) is 6.42 Å². The van der Waals surface area contributed by atoms with E-state index in [0.29, 0.717) is 17.8 Å². The minimum Gasteiger partial charge on any atom is -0.497 e. The number of hydrogen-bond acceptors (Lipinski definition) is 5. The van der Waals surface area contributed by atoms with Crippen molar-refractivity contribution in [2.24, 2.45) is 9.98 Å². The summed E-state index contributed by atoms with van der Waals surface area (Å²) in [7, 11) is 1.62. The lowest BCUT2D eigenvalue weighted by Gasteiger charge is -2.05. The molecule has 0 unspecified atom stereocenters. The molecular weight excluding hydrogens is 336 g/mol. The second-order valence-corrected chi connectivity index (χ2v) is 5.73. The van der Waals surface area contributed by atoms with E-state index in [1.807, 2.05) is 78.9 Å². The summed E-state index contributed by atoms with van der Waals surface area (Å²) in [6.45, 7) is 0. The van der Waals surface area contributed by atoms with Gasteiger partial charge in [0.1, 0.15) is 17.9 Å². The predicted molar refractivity (Wildman–Crippen MR) is 105 cm³/mol. The SMILES string of the molecule is COc1ccc(C=CC2=NC(C#N)=C(C#N)N=C(c3ccccc3)C2)cc1. The quantitative estimate of drug-likeness (QED) is 0.822. The van der Waals surface area contributed by atoms with E-state index in [2.05, 4.69) is 9.98 Å². The summed E-state index contributed by atoms with van der Waals surface area (Å²) in [6.07, 6.45) is 4.18. The Balaban J connectivity index is 1.97. The minimum atomic E-state index is 0.0258. The summed E-state index contributed by atoms with van der Waals surface area (Å²) < 4.78 is 5.16. The van der Waals surface area contributed by atoms with E-state index in [9.17, 15) is 10.5 Å². The maximum Gasteiger partial charge on any atom is 0.177 e. The third kappa shape index (κ3) is 4.36. The summed E-state index contributed by atoms with van der Waals surface area (Å²) in [5.74, 6) is 0.783. The zero-order valence-electron chi connectivity index (χ0n) is 14.8. The first-order valence-corrected chi connectivity index (χ1v) is 8.30. The average Bonchev–Trinajstić information content (AvgIpc) is 2.92. The molecule has 0 atom stereocenters. The van der Waals surface area contributed by atoms with Crippen molar-refractivity contribution >= 4 is 17.5 Å². The topological polar surface area (TPSA) is 81.5 Å². The fourth-order valence-electron chi connectivity index (χ4n) is 2.59. The van der Waals surface area contributed by atoms with E-state index in [1.54, 1.807) is 7.11 Å². The van der Waals surface area contributed by atoms with Crippen LogP contribution in [0.5, 0.6) is 5.75 Å². The van der Waals surface area contributed by atoms with Gasteiger partial charge in [-0.15, -0.1) is 0 Å². The molecule has 0 N–H and O–H groups in total. The third-order valence-electron chi connectivity index (χ3n) is 3.98. The Hall–Kier alpha value is -3.96. The Bertz CT molecular complexity index is 1030. The Kier molecular flexibility index (Phi) is 5.57. The van der Waals surface area contributed by atoms with Crippen molar-refractivity contribution in [3.05, 3.63) is 83.2 Å². The van der Waals surface area contributed by atoms with Gasteiger partial charge in [-0.1, -0.05) is 48.5 Å². The summed E-state index contributed by atoms with van der Waals surface area (Å²) in [6, 6.07) is 21.2. The van der Waals surface area contributed by atoms with Crippen LogP contribution in [-0.4, -0.2) is 18.5 Å². The largest absolute Gasteiger partial charge is 0.497 e. The van der Waals surface area contributed by atoms with Crippen LogP contribution in [0, 0.1) is 22.7 Å². The maximum atomic E-state index is 9.36. The van der Waals surface area contributed by atoms with E-state index in [-0.39, 0.29) is 11.4 Å². The average molecular weight is 352 g/mol. The third-order valence-corrected chi connectivity index (χ3v) is 3.98. The molecule has 130 valence electrons. The molecule has 2 aromatic rings. The minimum absolute atomic E-state index is 0.0258. The number of allylic oxidation sites excluding steroid dienone is 3. The van der Waals surface area contributed by atoms with Gasteiger partial charge in [-0.2, -0.15) is 10.5 Å². The summed E-state index contributed by atoms with van der Waals surface area (Å²) in [5.41, 5.74) is 3.30. The lowest BCUT2D eigenvalue weighted by Crippen LogP contribution is -2.06. The van der Waals surface area contributed by atoms with Crippen LogP contribution in [-0.2, 0) is 0 Å². The van der Waals surface area contributed by atoms with Crippen molar-refractivity contribution < 1.29 is 4.74 Å². The van der Waals surface area contributed by atoms with Gasteiger partial charge in [0, 0.05) is 12.1 Å².